The van der Waals surface area contributed by atoms with Gasteiger partial charge in [-0.3, -0.25) is 14.4 Å². The molecule has 0 bridgehead atoms. The van der Waals surface area contributed by atoms with Gasteiger partial charge in [-0.05, 0) is 38.5 Å². The van der Waals surface area contributed by atoms with Gasteiger partial charge in [0.2, 0.25) is 5.91 Å². The fourth-order valence-electron chi connectivity index (χ4n) is 5.46. The van der Waals surface area contributed by atoms with Crippen LogP contribution in [-0.2, 0) is 14.4 Å². The molecule has 1 heterocycles. The van der Waals surface area contributed by atoms with Crippen LogP contribution in [0.2, 0.25) is 0 Å². The van der Waals surface area contributed by atoms with E-state index in [9.17, 15) is 14.4 Å². The number of carbonyl (C=O) groups is 3. The Hall–Kier alpha value is -1.71. The smallest absolute Gasteiger partial charge is 0.234 e. The van der Waals surface area contributed by atoms with Crippen molar-refractivity contribution in [1.29, 1.82) is 0 Å². The van der Waals surface area contributed by atoms with Gasteiger partial charge in [0.25, 0.3) is 0 Å². The molecule has 1 spiro atoms. The first-order valence-corrected chi connectivity index (χ1v) is 9.87. The molecule has 4 heteroatoms. The van der Waals surface area contributed by atoms with Gasteiger partial charge in [-0.25, -0.2) is 0 Å². The van der Waals surface area contributed by atoms with Crippen LogP contribution < -0.4 is 5.32 Å². The highest BCUT2D eigenvalue weighted by molar-refractivity contribution is 6.14. The normalized spacial score (nSPS) is 37.8. The van der Waals surface area contributed by atoms with Gasteiger partial charge in [-0.1, -0.05) is 44.1 Å². The van der Waals surface area contributed by atoms with Crippen LogP contribution in [0.5, 0.6) is 0 Å². The SMILES string of the molecule is CC1=CCC(=O)CC(=O)[C@@]23C(=O)N[C@@H](CC(C)C)[C@@H]2[C@H](C)C(C)=C[C@@H]3C1. The lowest BCUT2D eigenvalue weighted by Gasteiger charge is -2.45. The van der Waals surface area contributed by atoms with Crippen LogP contribution in [0.3, 0.4) is 0 Å². The van der Waals surface area contributed by atoms with Crippen molar-refractivity contribution >= 4 is 17.5 Å². The standard InChI is InChI=1S/C22H31NO3/c1-12(2)8-18-20-15(5)14(4)10-16-9-13(3)6-7-17(24)11-19(25)22(16,20)21(26)23-18/h6,10,12,15-16,18,20H,7-9,11H2,1-5H3,(H,23,26)/t15-,16+,18+,20+,22-/m1/s1. The van der Waals surface area contributed by atoms with E-state index in [1.54, 1.807) is 0 Å². The summed E-state index contributed by atoms with van der Waals surface area (Å²) in [5.74, 6) is -0.0440. The summed E-state index contributed by atoms with van der Waals surface area (Å²) in [7, 11) is 0. The van der Waals surface area contributed by atoms with E-state index < -0.39 is 5.41 Å². The molecule has 0 aromatic rings. The Labute approximate surface area is 156 Å². The van der Waals surface area contributed by atoms with Crippen molar-refractivity contribution in [2.24, 2.45) is 29.1 Å². The molecule has 3 aliphatic rings. The van der Waals surface area contributed by atoms with Crippen LogP contribution in [0.4, 0.5) is 0 Å². The first-order chi connectivity index (χ1) is 12.2. The number of hydrogen-bond donors (Lipinski definition) is 1. The van der Waals surface area contributed by atoms with Gasteiger partial charge >= 0.3 is 0 Å². The Morgan fingerprint density at radius 1 is 1.23 bits per heavy atom. The number of amides is 1. The summed E-state index contributed by atoms with van der Waals surface area (Å²) in [6, 6.07) is -0.00672. The summed E-state index contributed by atoms with van der Waals surface area (Å²) in [6.07, 6.45) is 5.77. The first kappa shape index (κ1) is 19.1. The second kappa shape index (κ2) is 6.79. The predicted molar refractivity (Wildman–Crippen MR) is 101 cm³/mol. The van der Waals surface area contributed by atoms with E-state index in [2.05, 4.69) is 39.1 Å². The molecule has 0 saturated carbocycles. The van der Waals surface area contributed by atoms with E-state index in [-0.39, 0.29) is 47.7 Å². The molecule has 0 unspecified atom stereocenters. The third kappa shape index (κ3) is 2.87. The molecule has 1 fully saturated rings. The van der Waals surface area contributed by atoms with Crippen molar-refractivity contribution < 1.29 is 14.4 Å². The minimum atomic E-state index is -1.09. The summed E-state index contributed by atoms with van der Waals surface area (Å²) >= 11 is 0. The van der Waals surface area contributed by atoms with Crippen LogP contribution >= 0.6 is 0 Å². The minimum absolute atomic E-state index is 0.00672. The Morgan fingerprint density at radius 2 is 1.92 bits per heavy atom. The number of rotatable bonds is 2. The van der Waals surface area contributed by atoms with E-state index in [1.807, 2.05) is 13.0 Å². The molecule has 0 aromatic heterocycles. The lowest BCUT2D eigenvalue weighted by atomic mass is 9.54. The average Bonchev–Trinajstić information content (AvgIpc) is 2.84. The number of hydrogen-bond acceptors (Lipinski definition) is 3. The summed E-state index contributed by atoms with van der Waals surface area (Å²) < 4.78 is 0. The average molecular weight is 357 g/mol. The minimum Gasteiger partial charge on any atom is -0.352 e. The summed E-state index contributed by atoms with van der Waals surface area (Å²) in [6.45, 7) is 10.5. The fraction of sp³-hybridized carbons (Fsp3) is 0.682. The van der Waals surface area contributed by atoms with Crippen LogP contribution in [0, 0.1) is 29.1 Å². The van der Waals surface area contributed by atoms with Gasteiger partial charge in [0.15, 0.2) is 5.78 Å². The number of allylic oxidation sites excluding steroid dienone is 4. The molecule has 1 amide bonds. The Morgan fingerprint density at radius 3 is 2.58 bits per heavy atom. The molecule has 1 aliphatic heterocycles. The molecule has 1 N–H and O–H groups in total. The quantitative estimate of drug-likeness (QED) is 0.606. The van der Waals surface area contributed by atoms with Crippen molar-refractivity contribution in [3.8, 4) is 0 Å². The maximum absolute atomic E-state index is 13.4. The maximum atomic E-state index is 13.4. The molecule has 0 aromatic carbocycles. The lowest BCUT2D eigenvalue weighted by Crippen LogP contribution is -2.53. The molecule has 3 rings (SSSR count). The van der Waals surface area contributed by atoms with E-state index in [0.29, 0.717) is 18.8 Å². The zero-order chi connectivity index (χ0) is 19.2. The topological polar surface area (TPSA) is 63.2 Å². The molecule has 0 radical (unpaired) electrons. The number of nitrogens with one attached hydrogen (secondary N) is 1. The van der Waals surface area contributed by atoms with Crippen molar-refractivity contribution in [3.63, 3.8) is 0 Å². The van der Waals surface area contributed by atoms with E-state index in [4.69, 9.17) is 0 Å². The van der Waals surface area contributed by atoms with Crippen LogP contribution in [0.1, 0.15) is 60.3 Å². The van der Waals surface area contributed by atoms with Crippen LogP contribution in [0.15, 0.2) is 23.3 Å². The van der Waals surface area contributed by atoms with Crippen LogP contribution in [-0.4, -0.2) is 23.5 Å². The second-order valence-electron chi connectivity index (χ2n) is 9.01. The third-order valence-electron chi connectivity index (χ3n) is 6.72. The molecule has 4 nitrogen and oxygen atoms in total. The third-order valence-corrected chi connectivity index (χ3v) is 6.72. The molecular formula is C22H31NO3. The lowest BCUT2D eigenvalue weighted by molar-refractivity contribution is -0.147. The van der Waals surface area contributed by atoms with Crippen LogP contribution in [0.25, 0.3) is 0 Å². The van der Waals surface area contributed by atoms with Gasteiger partial charge in [-0.2, -0.15) is 0 Å². The Balaban J connectivity index is 2.17. The zero-order valence-electron chi connectivity index (χ0n) is 16.6. The molecule has 142 valence electrons. The molecule has 1 saturated heterocycles. The highest BCUT2D eigenvalue weighted by atomic mass is 16.2. The number of carbonyl (C=O) groups excluding carboxylic acids is 3. The largest absolute Gasteiger partial charge is 0.352 e. The van der Waals surface area contributed by atoms with Crippen molar-refractivity contribution in [2.45, 2.75) is 66.3 Å². The van der Waals surface area contributed by atoms with E-state index in [1.165, 1.54) is 5.57 Å². The maximum Gasteiger partial charge on any atom is 0.234 e. The monoisotopic (exact) mass is 357 g/mol. The van der Waals surface area contributed by atoms with Gasteiger partial charge in [-0.15, -0.1) is 0 Å². The number of ketones is 2. The summed E-state index contributed by atoms with van der Waals surface area (Å²) in [5.41, 5.74) is 1.26. The van der Waals surface area contributed by atoms with E-state index in [0.717, 1.165) is 12.0 Å². The summed E-state index contributed by atoms with van der Waals surface area (Å²) in [5, 5.41) is 3.17. The van der Waals surface area contributed by atoms with Gasteiger partial charge in [0.05, 0.1) is 6.42 Å². The van der Waals surface area contributed by atoms with Crippen molar-refractivity contribution in [1.82, 2.24) is 5.32 Å². The van der Waals surface area contributed by atoms with E-state index >= 15 is 0 Å². The Kier molecular flexibility index (Phi) is 4.98. The fourth-order valence-corrected chi connectivity index (χ4v) is 5.46. The van der Waals surface area contributed by atoms with Crippen molar-refractivity contribution in [2.75, 3.05) is 0 Å². The molecule has 26 heavy (non-hydrogen) atoms. The zero-order valence-corrected chi connectivity index (χ0v) is 16.6. The van der Waals surface area contributed by atoms with Crippen molar-refractivity contribution in [3.05, 3.63) is 23.3 Å². The second-order valence-corrected chi connectivity index (χ2v) is 9.01. The highest BCUT2D eigenvalue weighted by Crippen LogP contribution is 2.56. The number of Topliss-reactive ketones (excluding diaryl/α,β-unsaturated/α-hetero) is 2. The van der Waals surface area contributed by atoms with Gasteiger partial charge < -0.3 is 5.32 Å². The molecule has 5 atom stereocenters. The first-order valence-electron chi connectivity index (χ1n) is 9.87. The van der Waals surface area contributed by atoms with Gasteiger partial charge in [0, 0.05) is 24.3 Å². The van der Waals surface area contributed by atoms with Gasteiger partial charge in [0.1, 0.15) is 11.2 Å². The summed E-state index contributed by atoms with van der Waals surface area (Å²) in [4.78, 5) is 39.1. The highest BCUT2D eigenvalue weighted by Gasteiger charge is 2.65. The predicted octanol–water partition coefficient (Wildman–Crippen LogP) is 3.61. The molecular weight excluding hydrogens is 326 g/mol. The Bertz CT molecular complexity index is 702. The molecule has 2 aliphatic carbocycles.